The summed E-state index contributed by atoms with van der Waals surface area (Å²) in [4.78, 5) is 31.7. The van der Waals surface area contributed by atoms with Gasteiger partial charge in [-0.05, 0) is 25.2 Å². The molecule has 6 nitrogen and oxygen atoms in total. The Kier molecular flexibility index (Phi) is 3.28. The van der Waals surface area contributed by atoms with Crippen molar-refractivity contribution in [3.05, 3.63) is 33.4 Å². The molecular weight excluding hydrogens is 292 g/mol. The summed E-state index contributed by atoms with van der Waals surface area (Å²) in [5.41, 5.74) is 2.29. The predicted octanol–water partition coefficient (Wildman–Crippen LogP) is 2.12. The van der Waals surface area contributed by atoms with E-state index in [0.717, 1.165) is 37.8 Å². The van der Waals surface area contributed by atoms with E-state index in [-0.39, 0.29) is 17.5 Å². The van der Waals surface area contributed by atoms with Crippen LogP contribution in [-0.2, 0) is 13.0 Å². The zero-order valence-corrected chi connectivity index (χ0v) is 13.6. The molecule has 0 unspecified atom stereocenters. The summed E-state index contributed by atoms with van der Waals surface area (Å²) in [5, 5.41) is 3.14. The standard InChI is InChI=1S/C17H22N4O2/c1-10(2)7-11-8-14-18-15-13(16(22)21(14)19-11)9-20(17(15)23)12-5-3-4-6-12/h8,10,12,19H,3-7,9H2,1-2H3. The van der Waals surface area contributed by atoms with Gasteiger partial charge < -0.3 is 4.90 Å². The van der Waals surface area contributed by atoms with Crippen LogP contribution in [0.3, 0.4) is 0 Å². The highest BCUT2D eigenvalue weighted by atomic mass is 16.2. The van der Waals surface area contributed by atoms with Gasteiger partial charge in [-0.2, -0.15) is 0 Å². The molecule has 1 fully saturated rings. The van der Waals surface area contributed by atoms with Crippen molar-refractivity contribution >= 4 is 11.6 Å². The second-order valence-electron chi connectivity index (χ2n) is 7.19. The Morgan fingerprint density at radius 2 is 2.04 bits per heavy atom. The monoisotopic (exact) mass is 314 g/mol. The van der Waals surface area contributed by atoms with Crippen LogP contribution in [-0.4, -0.2) is 31.4 Å². The molecule has 0 saturated heterocycles. The molecule has 23 heavy (non-hydrogen) atoms. The van der Waals surface area contributed by atoms with Gasteiger partial charge in [0.25, 0.3) is 11.5 Å². The zero-order valence-electron chi connectivity index (χ0n) is 13.6. The summed E-state index contributed by atoms with van der Waals surface area (Å²) in [6.45, 7) is 4.67. The number of aromatic nitrogens is 3. The van der Waals surface area contributed by atoms with Gasteiger partial charge in [0.1, 0.15) is 5.69 Å². The molecule has 0 atom stereocenters. The number of nitrogens with one attached hydrogen (secondary N) is 1. The van der Waals surface area contributed by atoms with Crippen LogP contribution in [0.4, 0.5) is 0 Å². The quantitative estimate of drug-likeness (QED) is 0.943. The summed E-state index contributed by atoms with van der Waals surface area (Å²) in [5.74, 6) is 0.420. The van der Waals surface area contributed by atoms with Crippen LogP contribution in [0.2, 0.25) is 0 Å². The Balaban J connectivity index is 1.75. The maximum absolute atomic E-state index is 12.7. The first kappa shape index (κ1) is 14.5. The van der Waals surface area contributed by atoms with Gasteiger partial charge in [-0.25, -0.2) is 9.50 Å². The summed E-state index contributed by atoms with van der Waals surface area (Å²) in [6, 6.07) is 2.16. The number of hydrogen-bond donors (Lipinski definition) is 1. The first-order valence-electron chi connectivity index (χ1n) is 8.49. The Hall–Kier alpha value is -2.11. The van der Waals surface area contributed by atoms with Gasteiger partial charge in [-0.1, -0.05) is 26.7 Å². The first-order chi connectivity index (χ1) is 11.0. The summed E-state index contributed by atoms with van der Waals surface area (Å²) < 4.78 is 1.49. The number of fused-ring (bicyclic) bond motifs is 2. The maximum Gasteiger partial charge on any atom is 0.278 e. The van der Waals surface area contributed by atoms with Gasteiger partial charge in [0.2, 0.25) is 0 Å². The smallest absolute Gasteiger partial charge is 0.278 e. The van der Waals surface area contributed by atoms with E-state index in [1.807, 2.05) is 11.0 Å². The Morgan fingerprint density at radius 1 is 1.30 bits per heavy atom. The van der Waals surface area contributed by atoms with E-state index >= 15 is 0 Å². The number of rotatable bonds is 3. The third-order valence-electron chi connectivity index (χ3n) is 4.95. The molecule has 0 radical (unpaired) electrons. The molecule has 1 aliphatic heterocycles. The topological polar surface area (TPSA) is 70.5 Å². The van der Waals surface area contributed by atoms with Gasteiger partial charge in [-0.3, -0.25) is 14.7 Å². The summed E-state index contributed by atoms with van der Waals surface area (Å²) in [6.07, 6.45) is 5.26. The molecule has 1 aliphatic carbocycles. The molecular formula is C17H22N4O2. The normalized spacial score (nSPS) is 18.6. The van der Waals surface area contributed by atoms with Crippen LogP contribution in [0.15, 0.2) is 10.9 Å². The number of hydrogen-bond acceptors (Lipinski definition) is 3. The van der Waals surface area contributed by atoms with Crippen molar-refractivity contribution in [3.63, 3.8) is 0 Å². The lowest BCUT2D eigenvalue weighted by Crippen LogP contribution is -2.33. The fraction of sp³-hybridized carbons (Fsp3) is 0.588. The number of H-pyrrole nitrogens is 1. The Labute approximate surface area is 134 Å². The van der Waals surface area contributed by atoms with E-state index in [4.69, 9.17) is 0 Å². The molecule has 1 N–H and O–H groups in total. The zero-order chi connectivity index (χ0) is 16.1. The van der Waals surface area contributed by atoms with E-state index in [0.29, 0.717) is 29.4 Å². The number of carbonyl (C=O) groups excluding carboxylic acids is 1. The lowest BCUT2D eigenvalue weighted by molar-refractivity contribution is 0.0703. The number of aromatic amines is 1. The second kappa shape index (κ2) is 5.22. The lowest BCUT2D eigenvalue weighted by Gasteiger charge is -2.22. The summed E-state index contributed by atoms with van der Waals surface area (Å²) in [7, 11) is 0. The predicted molar refractivity (Wildman–Crippen MR) is 86.5 cm³/mol. The molecule has 2 aromatic rings. The number of amides is 1. The fourth-order valence-corrected chi connectivity index (χ4v) is 3.86. The van der Waals surface area contributed by atoms with E-state index in [9.17, 15) is 9.59 Å². The first-order valence-corrected chi connectivity index (χ1v) is 8.49. The molecule has 2 aromatic heterocycles. The van der Waals surface area contributed by atoms with Crippen LogP contribution < -0.4 is 5.56 Å². The number of carbonyl (C=O) groups is 1. The minimum absolute atomic E-state index is 0.0712. The van der Waals surface area contributed by atoms with E-state index in [2.05, 4.69) is 23.9 Å². The summed E-state index contributed by atoms with van der Waals surface area (Å²) >= 11 is 0. The lowest BCUT2D eigenvalue weighted by atomic mass is 10.1. The SMILES string of the molecule is CC(C)Cc1cc2nc3c(c(=O)n2[nH]1)CN(C1CCCC1)C3=O. The third-order valence-corrected chi connectivity index (χ3v) is 4.95. The molecule has 6 heteroatoms. The molecule has 0 bridgehead atoms. The van der Waals surface area contributed by atoms with Crippen molar-refractivity contribution in [1.82, 2.24) is 19.5 Å². The van der Waals surface area contributed by atoms with Gasteiger partial charge in [0, 0.05) is 17.8 Å². The van der Waals surface area contributed by atoms with E-state index < -0.39 is 0 Å². The Morgan fingerprint density at radius 3 is 2.74 bits per heavy atom. The Bertz CT molecular complexity index is 827. The minimum Gasteiger partial charge on any atom is -0.330 e. The van der Waals surface area contributed by atoms with Crippen LogP contribution in [0, 0.1) is 5.92 Å². The van der Waals surface area contributed by atoms with Crippen molar-refractivity contribution in [3.8, 4) is 0 Å². The van der Waals surface area contributed by atoms with E-state index in [1.54, 1.807) is 0 Å². The van der Waals surface area contributed by atoms with Gasteiger partial charge in [0.15, 0.2) is 5.65 Å². The molecule has 2 aliphatic rings. The minimum atomic E-state index is -0.131. The average Bonchev–Trinajstić information content (AvgIpc) is 3.19. The molecule has 3 heterocycles. The molecule has 1 saturated carbocycles. The number of nitrogens with zero attached hydrogens (tertiary/aromatic N) is 3. The molecule has 122 valence electrons. The molecule has 0 aromatic carbocycles. The second-order valence-corrected chi connectivity index (χ2v) is 7.19. The van der Waals surface area contributed by atoms with Crippen molar-refractivity contribution in [1.29, 1.82) is 0 Å². The molecule has 0 spiro atoms. The van der Waals surface area contributed by atoms with Crippen molar-refractivity contribution in [2.24, 2.45) is 5.92 Å². The fourth-order valence-electron chi connectivity index (χ4n) is 3.86. The molecule has 1 amide bonds. The van der Waals surface area contributed by atoms with Crippen molar-refractivity contribution < 1.29 is 4.79 Å². The van der Waals surface area contributed by atoms with Gasteiger partial charge in [-0.15, -0.1) is 0 Å². The van der Waals surface area contributed by atoms with Crippen LogP contribution in [0.5, 0.6) is 0 Å². The highest BCUT2D eigenvalue weighted by molar-refractivity contribution is 5.97. The van der Waals surface area contributed by atoms with Crippen LogP contribution in [0.1, 0.15) is 61.3 Å². The maximum atomic E-state index is 12.7. The van der Waals surface area contributed by atoms with Crippen molar-refractivity contribution in [2.45, 2.75) is 58.5 Å². The highest BCUT2D eigenvalue weighted by Gasteiger charge is 2.37. The van der Waals surface area contributed by atoms with Gasteiger partial charge in [0.05, 0.1) is 12.1 Å². The average molecular weight is 314 g/mol. The highest BCUT2D eigenvalue weighted by Crippen LogP contribution is 2.30. The van der Waals surface area contributed by atoms with E-state index in [1.165, 1.54) is 4.52 Å². The van der Waals surface area contributed by atoms with Gasteiger partial charge >= 0.3 is 0 Å². The van der Waals surface area contributed by atoms with Crippen LogP contribution in [0.25, 0.3) is 5.65 Å². The van der Waals surface area contributed by atoms with Crippen LogP contribution >= 0.6 is 0 Å². The largest absolute Gasteiger partial charge is 0.330 e. The third kappa shape index (κ3) is 2.28. The molecule has 4 rings (SSSR count). The van der Waals surface area contributed by atoms with Crippen molar-refractivity contribution in [2.75, 3.05) is 0 Å².